The van der Waals surface area contributed by atoms with Crippen LogP contribution >= 0.6 is 10.7 Å². The topological polar surface area (TPSA) is 34.1 Å². The fraction of sp³-hybridized carbons (Fsp3) is 0.400. The van der Waals surface area contributed by atoms with Gasteiger partial charge in [0.1, 0.15) is 0 Å². The van der Waals surface area contributed by atoms with Crippen molar-refractivity contribution in [2.24, 2.45) is 0 Å². The molecule has 84 valence electrons. The fourth-order valence-corrected chi connectivity index (χ4v) is 2.56. The second-order valence-electron chi connectivity index (χ2n) is 3.95. The van der Waals surface area contributed by atoms with Crippen molar-refractivity contribution in [1.29, 1.82) is 0 Å². The van der Waals surface area contributed by atoms with Crippen LogP contribution in [0, 0.1) is 0 Å². The van der Waals surface area contributed by atoms with Crippen LogP contribution in [0.4, 0.5) is 4.39 Å². The van der Waals surface area contributed by atoms with Gasteiger partial charge in [-0.3, -0.25) is 4.39 Å². The Balaban J connectivity index is 3.44. The first-order chi connectivity index (χ1) is 6.79. The maximum Gasteiger partial charge on any atom is 0.261 e. The maximum atomic E-state index is 12.8. The van der Waals surface area contributed by atoms with Crippen LogP contribution in [0.25, 0.3) is 0 Å². The first-order valence-corrected chi connectivity index (χ1v) is 6.70. The molecule has 0 saturated carbocycles. The summed E-state index contributed by atoms with van der Waals surface area (Å²) < 4.78 is 35.3. The molecule has 0 amide bonds. The maximum absolute atomic E-state index is 12.8. The summed E-state index contributed by atoms with van der Waals surface area (Å²) in [7, 11) is 1.46. The van der Waals surface area contributed by atoms with Crippen molar-refractivity contribution in [1.82, 2.24) is 0 Å². The molecule has 0 fully saturated rings. The van der Waals surface area contributed by atoms with Gasteiger partial charge in [-0.1, -0.05) is 32.0 Å². The quantitative estimate of drug-likeness (QED) is 0.773. The van der Waals surface area contributed by atoms with Crippen molar-refractivity contribution in [2.45, 2.75) is 24.2 Å². The molecule has 1 rings (SSSR count). The van der Waals surface area contributed by atoms with Gasteiger partial charge in [0, 0.05) is 16.1 Å². The van der Waals surface area contributed by atoms with E-state index in [1.165, 1.54) is 6.07 Å². The summed E-state index contributed by atoms with van der Waals surface area (Å²) >= 11 is 0. The molecule has 0 saturated heterocycles. The lowest BCUT2D eigenvalue weighted by molar-refractivity contribution is 0.346. The second-order valence-corrected chi connectivity index (χ2v) is 6.49. The summed E-state index contributed by atoms with van der Waals surface area (Å²) in [6, 6.07) is 6.19. The summed E-state index contributed by atoms with van der Waals surface area (Å²) in [5.74, 6) is 0. The van der Waals surface area contributed by atoms with E-state index in [1.807, 2.05) is 0 Å². The van der Waals surface area contributed by atoms with Crippen LogP contribution in [-0.4, -0.2) is 15.1 Å². The minimum Gasteiger partial charge on any atom is -0.250 e. The molecule has 0 aliphatic heterocycles. The van der Waals surface area contributed by atoms with E-state index in [0.29, 0.717) is 5.56 Å². The predicted molar refractivity (Wildman–Crippen MR) is 58.5 cm³/mol. The molecule has 0 N–H and O–H groups in total. The molecule has 0 atom stereocenters. The van der Waals surface area contributed by atoms with Crippen molar-refractivity contribution in [3.8, 4) is 0 Å². The highest BCUT2D eigenvalue weighted by Crippen LogP contribution is 2.31. The number of alkyl halides is 1. The number of rotatable bonds is 3. The Bertz CT molecular complexity index is 454. The molecule has 0 aliphatic carbocycles. The fourth-order valence-electron chi connectivity index (χ4n) is 1.31. The van der Waals surface area contributed by atoms with Gasteiger partial charge in [0.2, 0.25) is 0 Å². The van der Waals surface area contributed by atoms with E-state index >= 15 is 0 Å². The van der Waals surface area contributed by atoms with E-state index in [9.17, 15) is 12.8 Å². The summed E-state index contributed by atoms with van der Waals surface area (Å²) in [5.41, 5.74) is -0.444. The van der Waals surface area contributed by atoms with E-state index in [-0.39, 0.29) is 4.90 Å². The van der Waals surface area contributed by atoms with Gasteiger partial charge in [-0.25, -0.2) is 8.42 Å². The Morgan fingerprint density at radius 1 is 1.33 bits per heavy atom. The molecule has 0 aliphatic rings. The highest BCUT2D eigenvalue weighted by atomic mass is 35.7. The summed E-state index contributed by atoms with van der Waals surface area (Å²) in [4.78, 5) is -0.0192. The average molecular weight is 251 g/mol. The van der Waals surface area contributed by atoms with Crippen LogP contribution in [0.1, 0.15) is 19.4 Å². The highest BCUT2D eigenvalue weighted by Gasteiger charge is 2.27. The number of hydrogen-bond donors (Lipinski definition) is 0. The minimum atomic E-state index is -3.82. The predicted octanol–water partition coefficient (Wildman–Crippen LogP) is 2.86. The molecule has 0 unspecified atom stereocenters. The Labute approximate surface area is 93.5 Å². The van der Waals surface area contributed by atoms with Crippen molar-refractivity contribution in [3.05, 3.63) is 29.8 Å². The van der Waals surface area contributed by atoms with E-state index in [2.05, 4.69) is 0 Å². The molecule has 5 heteroatoms. The summed E-state index contributed by atoms with van der Waals surface area (Å²) in [6.45, 7) is 2.62. The van der Waals surface area contributed by atoms with E-state index in [0.717, 1.165) is 0 Å². The van der Waals surface area contributed by atoms with Gasteiger partial charge in [0.15, 0.2) is 0 Å². The Kier molecular flexibility index (Phi) is 3.41. The lowest BCUT2D eigenvalue weighted by atomic mass is 9.86. The van der Waals surface area contributed by atoms with Gasteiger partial charge < -0.3 is 0 Å². The van der Waals surface area contributed by atoms with Crippen LogP contribution in [0.2, 0.25) is 0 Å². The zero-order valence-corrected chi connectivity index (χ0v) is 10.1. The highest BCUT2D eigenvalue weighted by molar-refractivity contribution is 8.13. The molecule has 15 heavy (non-hydrogen) atoms. The Morgan fingerprint density at radius 3 is 2.33 bits per heavy atom. The molecule has 0 bridgehead atoms. The van der Waals surface area contributed by atoms with Crippen LogP contribution in [0.5, 0.6) is 0 Å². The third kappa shape index (κ3) is 2.69. The zero-order chi connectivity index (χ0) is 11.7. The molecule has 0 spiro atoms. The number of halogens is 2. The first-order valence-electron chi connectivity index (χ1n) is 4.39. The van der Waals surface area contributed by atoms with Crippen molar-refractivity contribution < 1.29 is 12.8 Å². The monoisotopic (exact) mass is 250 g/mol. The van der Waals surface area contributed by atoms with Gasteiger partial charge in [0.25, 0.3) is 9.05 Å². The normalized spacial score (nSPS) is 12.8. The first kappa shape index (κ1) is 12.5. The molecular formula is C10H12ClFO2S. The third-order valence-corrected chi connectivity index (χ3v) is 3.59. The van der Waals surface area contributed by atoms with Gasteiger partial charge in [-0.2, -0.15) is 0 Å². The van der Waals surface area contributed by atoms with Gasteiger partial charge in [-0.05, 0) is 11.6 Å². The van der Waals surface area contributed by atoms with E-state index < -0.39 is 21.1 Å². The molecular weight excluding hydrogens is 239 g/mol. The number of benzene rings is 1. The zero-order valence-electron chi connectivity index (χ0n) is 8.50. The lowest BCUT2D eigenvalue weighted by Gasteiger charge is -2.23. The molecule has 0 heterocycles. The summed E-state index contributed by atoms with van der Waals surface area (Å²) in [6.07, 6.45) is 0. The van der Waals surface area contributed by atoms with Crippen molar-refractivity contribution in [2.75, 3.05) is 6.67 Å². The van der Waals surface area contributed by atoms with Crippen LogP contribution < -0.4 is 0 Å². The van der Waals surface area contributed by atoms with Gasteiger partial charge in [-0.15, -0.1) is 0 Å². The third-order valence-electron chi connectivity index (χ3n) is 2.21. The molecule has 2 nitrogen and oxygen atoms in total. The number of hydrogen-bond acceptors (Lipinski definition) is 2. The molecule has 0 radical (unpaired) electrons. The van der Waals surface area contributed by atoms with Crippen LogP contribution in [-0.2, 0) is 14.5 Å². The molecule has 0 aromatic heterocycles. The lowest BCUT2D eigenvalue weighted by Crippen LogP contribution is -2.22. The standard InChI is InChI=1S/C10H12ClFO2S/c1-10(2,7-12)8-5-3-4-6-9(8)15(11,13)14/h3-6H,7H2,1-2H3. The van der Waals surface area contributed by atoms with Gasteiger partial charge in [0.05, 0.1) is 11.6 Å². The smallest absolute Gasteiger partial charge is 0.250 e. The van der Waals surface area contributed by atoms with Gasteiger partial charge >= 0.3 is 0 Å². The van der Waals surface area contributed by atoms with Crippen LogP contribution in [0.3, 0.4) is 0 Å². The minimum absolute atomic E-state index is 0.0192. The summed E-state index contributed by atoms with van der Waals surface area (Å²) in [5, 5.41) is 0. The second kappa shape index (κ2) is 4.10. The molecule has 1 aromatic carbocycles. The van der Waals surface area contributed by atoms with Crippen molar-refractivity contribution in [3.63, 3.8) is 0 Å². The average Bonchev–Trinajstić information content (AvgIpc) is 2.16. The largest absolute Gasteiger partial charge is 0.261 e. The Hall–Kier alpha value is -0.610. The van der Waals surface area contributed by atoms with E-state index in [1.54, 1.807) is 32.0 Å². The molecule has 1 aromatic rings. The Morgan fingerprint density at radius 2 is 1.87 bits per heavy atom. The SMILES string of the molecule is CC(C)(CF)c1ccccc1S(=O)(=O)Cl. The van der Waals surface area contributed by atoms with Crippen molar-refractivity contribution >= 4 is 19.7 Å². The van der Waals surface area contributed by atoms with E-state index in [4.69, 9.17) is 10.7 Å². The van der Waals surface area contributed by atoms with Crippen LogP contribution in [0.15, 0.2) is 29.2 Å².